The fourth-order valence-electron chi connectivity index (χ4n) is 3.62. The lowest BCUT2D eigenvalue weighted by atomic mass is 9.93. The summed E-state index contributed by atoms with van der Waals surface area (Å²) in [5.74, 6) is 0.326. The molecule has 0 radical (unpaired) electrons. The van der Waals surface area contributed by atoms with Gasteiger partial charge < -0.3 is 25.6 Å². The second-order valence-electron chi connectivity index (χ2n) is 7.39. The number of carbonyl (C=O) groups excluding carboxylic acids is 1. The Kier molecular flexibility index (Phi) is 4.56. The van der Waals surface area contributed by atoms with Crippen LogP contribution in [0.3, 0.4) is 0 Å². The monoisotopic (exact) mass is 415 g/mol. The fraction of sp³-hybridized carbons (Fsp3) is 0.529. The molecule has 1 saturated carbocycles. The zero-order chi connectivity index (χ0) is 20.8. The van der Waals surface area contributed by atoms with E-state index in [4.69, 9.17) is 4.74 Å². The molecule has 30 heavy (non-hydrogen) atoms. The van der Waals surface area contributed by atoms with Crippen LogP contribution in [-0.4, -0.2) is 82.5 Å². The average Bonchev–Trinajstić information content (AvgIpc) is 3.45. The van der Waals surface area contributed by atoms with Gasteiger partial charge in [-0.05, 0) is 19.3 Å². The van der Waals surface area contributed by atoms with Gasteiger partial charge in [0.1, 0.15) is 17.9 Å². The first-order chi connectivity index (χ1) is 14.6. The third kappa shape index (κ3) is 2.98. The number of rotatable bonds is 5. The Bertz CT molecular complexity index is 1060. The molecule has 1 amide bonds. The van der Waals surface area contributed by atoms with Crippen LogP contribution in [0.5, 0.6) is 0 Å². The zero-order valence-electron chi connectivity index (χ0n) is 16.1. The van der Waals surface area contributed by atoms with Gasteiger partial charge in [0.15, 0.2) is 35.1 Å². The number of aromatic nitrogens is 7. The number of likely N-dealkylation sites (N-methyl/N-ethyl adjacent to an activating group) is 1. The van der Waals surface area contributed by atoms with Crippen molar-refractivity contribution >= 4 is 22.9 Å². The van der Waals surface area contributed by atoms with Crippen molar-refractivity contribution < 1.29 is 19.7 Å². The average molecular weight is 415 g/mol. The molecule has 13 nitrogen and oxygen atoms in total. The van der Waals surface area contributed by atoms with Crippen LogP contribution < -0.4 is 10.6 Å². The molecule has 5 rings (SSSR count). The Hall–Kier alpha value is -3.16. The van der Waals surface area contributed by atoms with E-state index in [9.17, 15) is 15.0 Å². The van der Waals surface area contributed by atoms with Crippen LogP contribution in [0.4, 0.5) is 5.82 Å². The maximum atomic E-state index is 12.0. The molecule has 0 bridgehead atoms. The Morgan fingerprint density at radius 1 is 1.30 bits per heavy atom. The molecule has 2 aliphatic rings. The van der Waals surface area contributed by atoms with E-state index in [1.54, 1.807) is 6.20 Å². The second-order valence-corrected chi connectivity index (χ2v) is 7.39. The van der Waals surface area contributed by atoms with Crippen molar-refractivity contribution in [1.29, 1.82) is 0 Å². The van der Waals surface area contributed by atoms with Crippen molar-refractivity contribution in [2.75, 3.05) is 12.4 Å². The van der Waals surface area contributed by atoms with Gasteiger partial charge in [-0.25, -0.2) is 15.0 Å². The molecule has 1 aliphatic heterocycles. The molecule has 4 heterocycles. The number of imidazole rings is 1. The highest BCUT2D eigenvalue weighted by Gasteiger charge is 2.47. The number of anilines is 1. The molecule has 1 saturated heterocycles. The van der Waals surface area contributed by atoms with E-state index in [2.05, 4.69) is 41.0 Å². The predicted molar refractivity (Wildman–Crippen MR) is 102 cm³/mol. The van der Waals surface area contributed by atoms with Crippen molar-refractivity contribution in [2.24, 2.45) is 0 Å². The highest BCUT2D eigenvalue weighted by atomic mass is 16.6. The number of fused-ring (bicyclic) bond motifs is 1. The number of amides is 1. The van der Waals surface area contributed by atoms with Gasteiger partial charge in [0.2, 0.25) is 0 Å². The van der Waals surface area contributed by atoms with Crippen LogP contribution in [-0.2, 0) is 9.53 Å². The van der Waals surface area contributed by atoms with Gasteiger partial charge in [0.25, 0.3) is 5.91 Å². The highest BCUT2D eigenvalue weighted by molar-refractivity contribution is 5.85. The van der Waals surface area contributed by atoms with Crippen LogP contribution in [0.15, 0.2) is 12.5 Å². The third-order valence-corrected chi connectivity index (χ3v) is 5.53. The summed E-state index contributed by atoms with van der Waals surface area (Å²) >= 11 is 0. The molecule has 0 aromatic carbocycles. The summed E-state index contributed by atoms with van der Waals surface area (Å²) in [6.45, 7) is 0. The van der Waals surface area contributed by atoms with Gasteiger partial charge in [-0.2, -0.15) is 0 Å². The van der Waals surface area contributed by atoms with E-state index in [0.29, 0.717) is 34.5 Å². The Morgan fingerprint density at radius 2 is 2.13 bits per heavy atom. The summed E-state index contributed by atoms with van der Waals surface area (Å²) in [6.07, 6.45) is 1.24. The topological polar surface area (TPSA) is 176 Å². The first-order valence-corrected chi connectivity index (χ1v) is 9.68. The lowest BCUT2D eigenvalue weighted by molar-refractivity contribution is -0.137. The van der Waals surface area contributed by atoms with Gasteiger partial charge in [-0.15, -0.1) is 5.10 Å². The Labute approximate surface area is 169 Å². The maximum Gasteiger partial charge on any atom is 0.251 e. The van der Waals surface area contributed by atoms with Crippen molar-refractivity contribution in [3.8, 4) is 11.5 Å². The molecule has 3 aromatic heterocycles. The highest BCUT2D eigenvalue weighted by Crippen LogP contribution is 2.34. The minimum Gasteiger partial charge on any atom is -0.387 e. The zero-order valence-corrected chi connectivity index (χ0v) is 16.1. The van der Waals surface area contributed by atoms with E-state index in [0.717, 1.165) is 19.3 Å². The summed E-state index contributed by atoms with van der Waals surface area (Å²) in [5.41, 5.74) is 1.30. The molecule has 4 atom stereocenters. The molecule has 2 fully saturated rings. The van der Waals surface area contributed by atoms with E-state index in [-0.39, 0.29) is 0 Å². The summed E-state index contributed by atoms with van der Waals surface area (Å²) in [4.78, 5) is 25.5. The van der Waals surface area contributed by atoms with Crippen molar-refractivity contribution in [3.05, 3.63) is 12.5 Å². The summed E-state index contributed by atoms with van der Waals surface area (Å²) in [6, 6.07) is 0.297. The summed E-state index contributed by atoms with van der Waals surface area (Å²) in [5, 5.41) is 36.9. The van der Waals surface area contributed by atoms with E-state index >= 15 is 0 Å². The molecule has 3 aromatic rings. The maximum absolute atomic E-state index is 12.0. The molecular weight excluding hydrogens is 394 g/mol. The van der Waals surface area contributed by atoms with E-state index in [1.807, 2.05) is 0 Å². The molecular formula is C17H21N9O4. The number of aromatic amines is 1. The Balaban J connectivity index is 1.58. The first kappa shape index (κ1) is 18.8. The third-order valence-electron chi connectivity index (χ3n) is 5.53. The van der Waals surface area contributed by atoms with Gasteiger partial charge in [0.05, 0.1) is 12.5 Å². The number of carbonyl (C=O) groups is 1. The number of aliphatic hydroxyl groups is 2. The number of ether oxygens (including phenoxy) is 1. The largest absolute Gasteiger partial charge is 0.387 e. The first-order valence-electron chi connectivity index (χ1n) is 9.68. The molecule has 5 N–H and O–H groups in total. The molecule has 1 aliphatic carbocycles. The van der Waals surface area contributed by atoms with Gasteiger partial charge >= 0.3 is 0 Å². The molecule has 2 unspecified atom stereocenters. The number of aliphatic hydroxyl groups excluding tert-OH is 2. The predicted octanol–water partition coefficient (Wildman–Crippen LogP) is -1.06. The minimum atomic E-state index is -1.39. The summed E-state index contributed by atoms with van der Waals surface area (Å²) in [7, 11) is 1.43. The normalized spacial score (nSPS) is 26.6. The molecule has 0 spiro atoms. The molecule has 158 valence electrons. The van der Waals surface area contributed by atoms with Gasteiger partial charge in [-0.1, -0.05) is 5.21 Å². The van der Waals surface area contributed by atoms with Crippen LogP contribution in [0, 0.1) is 0 Å². The minimum absolute atomic E-state index is 0.297. The smallest absolute Gasteiger partial charge is 0.251 e. The quantitative estimate of drug-likeness (QED) is 0.345. The van der Waals surface area contributed by atoms with Crippen molar-refractivity contribution in [2.45, 2.75) is 49.8 Å². The second kappa shape index (κ2) is 7.27. The summed E-state index contributed by atoms with van der Waals surface area (Å²) < 4.78 is 7.16. The van der Waals surface area contributed by atoms with Crippen molar-refractivity contribution in [3.63, 3.8) is 0 Å². The Morgan fingerprint density at radius 3 is 2.80 bits per heavy atom. The SMILES string of the molecule is CNC(=O)C1OC(n2cnc3c(NC4CCC4)nc(-c4c[nH]nn4)nc32)[C@H](O)[C@@H]1O. The van der Waals surface area contributed by atoms with E-state index in [1.165, 1.54) is 17.9 Å². The van der Waals surface area contributed by atoms with E-state index < -0.39 is 30.4 Å². The van der Waals surface area contributed by atoms with Crippen LogP contribution >= 0.6 is 0 Å². The van der Waals surface area contributed by atoms with Crippen LogP contribution in [0.25, 0.3) is 22.7 Å². The number of hydrogen-bond acceptors (Lipinski definition) is 10. The lowest BCUT2D eigenvalue weighted by Gasteiger charge is -2.27. The lowest BCUT2D eigenvalue weighted by Crippen LogP contribution is -2.41. The number of hydrogen-bond donors (Lipinski definition) is 5. The fourth-order valence-corrected chi connectivity index (χ4v) is 3.62. The standard InChI is InChI=1S/C17H21N9O4/c1-18-16(29)12-10(27)11(28)17(30-12)26-6-19-9-14(21-7-3-2-4-7)22-13(23-15(9)26)8-5-20-25-24-8/h5-7,10-12,17,27-28H,2-4H2,1H3,(H,18,29)(H,20,24,25)(H,21,22,23)/t10-,11+,12?,17?/m0/s1. The van der Waals surface area contributed by atoms with Crippen LogP contribution in [0.1, 0.15) is 25.5 Å². The number of H-pyrrole nitrogens is 1. The number of nitrogens with zero attached hydrogens (tertiary/aromatic N) is 6. The number of nitrogens with one attached hydrogen (secondary N) is 3. The van der Waals surface area contributed by atoms with Crippen molar-refractivity contribution in [1.82, 2.24) is 40.2 Å². The van der Waals surface area contributed by atoms with Gasteiger partial charge in [0, 0.05) is 13.1 Å². The molecule has 13 heteroatoms. The van der Waals surface area contributed by atoms with Crippen LogP contribution in [0.2, 0.25) is 0 Å². The van der Waals surface area contributed by atoms with Gasteiger partial charge in [-0.3, -0.25) is 14.5 Å².